The van der Waals surface area contributed by atoms with E-state index in [-0.39, 0.29) is 4.90 Å². The Morgan fingerprint density at radius 2 is 1.67 bits per heavy atom. The van der Waals surface area contributed by atoms with E-state index in [0.717, 1.165) is 0 Å². The van der Waals surface area contributed by atoms with Crippen LogP contribution in [0.2, 0.25) is 0 Å². The van der Waals surface area contributed by atoms with E-state index in [1.54, 1.807) is 50.2 Å². The van der Waals surface area contributed by atoms with Gasteiger partial charge >= 0.3 is 5.97 Å². The number of rotatable bonds is 11. The fourth-order valence-electron chi connectivity index (χ4n) is 2.98. The fraction of sp³-hybridized carbons (Fsp3) is 0.333. The number of para-hydroxylation sites is 2. The minimum Gasteiger partial charge on any atom is -0.492 e. The number of sulfonamides is 1. The van der Waals surface area contributed by atoms with Gasteiger partial charge in [0.2, 0.25) is 10.0 Å². The highest BCUT2D eigenvalue weighted by Gasteiger charge is 2.21. The van der Waals surface area contributed by atoms with Crippen molar-refractivity contribution >= 4 is 33.7 Å². The molecule has 0 saturated carbocycles. The number of ether oxygens (including phenoxy) is 2. The van der Waals surface area contributed by atoms with Crippen LogP contribution in [0.5, 0.6) is 5.75 Å². The molecular weight excluding hydrogens is 444 g/mol. The number of nitrogens with one attached hydrogen (secondary N) is 1. The molecule has 0 aliphatic rings. The molecule has 0 heterocycles. The number of carbonyl (C=O) groups excluding carboxylic acids is 2. The van der Waals surface area contributed by atoms with Gasteiger partial charge in [0, 0.05) is 19.2 Å². The van der Waals surface area contributed by atoms with Gasteiger partial charge in [-0.05, 0) is 49.8 Å². The maximum Gasteiger partial charge on any atom is 0.331 e. The Morgan fingerprint density at radius 1 is 1.03 bits per heavy atom. The van der Waals surface area contributed by atoms with E-state index in [4.69, 9.17) is 9.47 Å². The third-order valence-corrected chi connectivity index (χ3v) is 6.81. The van der Waals surface area contributed by atoms with Gasteiger partial charge in [0.25, 0.3) is 5.91 Å². The van der Waals surface area contributed by atoms with Crippen molar-refractivity contribution in [3.8, 4) is 5.75 Å². The van der Waals surface area contributed by atoms with Gasteiger partial charge in [-0.25, -0.2) is 13.2 Å². The van der Waals surface area contributed by atoms with Crippen molar-refractivity contribution in [2.24, 2.45) is 0 Å². The smallest absolute Gasteiger partial charge is 0.331 e. The minimum atomic E-state index is -3.54. The summed E-state index contributed by atoms with van der Waals surface area (Å²) in [7, 11) is -3.54. The second-order valence-electron chi connectivity index (χ2n) is 6.99. The standard InChI is InChI=1S/C24H30N2O6S/c1-5-26(6-2)33(29,30)20-15-12-19(13-16-20)14-17-23(27)32-18(4)24(28)25-21-10-8-9-11-22(21)31-7-3/h8-18H,5-7H2,1-4H3,(H,25,28)/b17-14+. The average molecular weight is 475 g/mol. The Hall–Kier alpha value is -3.17. The van der Waals surface area contributed by atoms with Crippen LogP contribution in [0.15, 0.2) is 59.5 Å². The molecule has 0 spiro atoms. The first-order chi connectivity index (χ1) is 15.7. The van der Waals surface area contributed by atoms with Gasteiger partial charge in [-0.2, -0.15) is 4.31 Å². The zero-order chi connectivity index (χ0) is 24.4. The predicted octanol–water partition coefficient (Wildman–Crippen LogP) is 3.70. The summed E-state index contributed by atoms with van der Waals surface area (Å²) in [4.78, 5) is 24.7. The molecule has 1 atom stereocenters. The molecule has 2 rings (SSSR count). The number of esters is 1. The molecule has 0 radical (unpaired) electrons. The molecule has 33 heavy (non-hydrogen) atoms. The van der Waals surface area contributed by atoms with Crippen LogP contribution in [0.3, 0.4) is 0 Å². The zero-order valence-corrected chi connectivity index (χ0v) is 20.1. The second kappa shape index (κ2) is 12.2. The van der Waals surface area contributed by atoms with Gasteiger partial charge in [-0.3, -0.25) is 4.79 Å². The number of amides is 1. The quantitative estimate of drug-likeness (QED) is 0.394. The van der Waals surface area contributed by atoms with Gasteiger partial charge in [0.05, 0.1) is 17.2 Å². The van der Waals surface area contributed by atoms with Crippen molar-refractivity contribution < 1.29 is 27.5 Å². The lowest BCUT2D eigenvalue weighted by molar-refractivity contribution is -0.148. The first-order valence-electron chi connectivity index (χ1n) is 10.7. The summed E-state index contributed by atoms with van der Waals surface area (Å²) in [5.41, 5.74) is 1.11. The SMILES string of the molecule is CCOc1ccccc1NC(=O)C(C)OC(=O)/C=C/c1ccc(S(=O)(=O)N(CC)CC)cc1. The number of hydrogen-bond acceptors (Lipinski definition) is 6. The summed E-state index contributed by atoms with van der Waals surface area (Å²) in [6.07, 6.45) is 1.65. The third-order valence-electron chi connectivity index (χ3n) is 4.74. The van der Waals surface area contributed by atoms with Gasteiger partial charge in [-0.1, -0.05) is 38.1 Å². The lowest BCUT2D eigenvalue weighted by Gasteiger charge is -2.18. The van der Waals surface area contributed by atoms with E-state index >= 15 is 0 Å². The summed E-state index contributed by atoms with van der Waals surface area (Å²) in [6, 6.07) is 13.2. The maximum absolute atomic E-state index is 12.5. The zero-order valence-electron chi connectivity index (χ0n) is 19.3. The van der Waals surface area contributed by atoms with Crippen LogP contribution in [-0.2, 0) is 24.3 Å². The number of carbonyl (C=O) groups is 2. The van der Waals surface area contributed by atoms with Gasteiger partial charge in [0.15, 0.2) is 6.10 Å². The lowest BCUT2D eigenvalue weighted by Crippen LogP contribution is -2.30. The van der Waals surface area contributed by atoms with Gasteiger partial charge in [0.1, 0.15) is 5.75 Å². The maximum atomic E-state index is 12.5. The molecule has 2 aromatic rings. The summed E-state index contributed by atoms with van der Waals surface area (Å²) in [5, 5.41) is 2.69. The Morgan fingerprint density at radius 3 is 2.27 bits per heavy atom. The number of nitrogens with zero attached hydrogens (tertiary/aromatic N) is 1. The Labute approximate surface area is 195 Å². The van der Waals surface area contributed by atoms with Crippen LogP contribution in [0.1, 0.15) is 33.3 Å². The first-order valence-corrected chi connectivity index (χ1v) is 12.2. The van der Waals surface area contributed by atoms with Crippen molar-refractivity contribution in [3.05, 3.63) is 60.2 Å². The number of anilines is 1. The van der Waals surface area contributed by atoms with Crippen molar-refractivity contribution in [2.75, 3.05) is 25.0 Å². The second-order valence-corrected chi connectivity index (χ2v) is 8.93. The van der Waals surface area contributed by atoms with Crippen LogP contribution in [-0.4, -0.2) is 50.4 Å². The van der Waals surface area contributed by atoms with E-state index in [0.29, 0.717) is 36.7 Å². The van der Waals surface area contributed by atoms with Crippen LogP contribution >= 0.6 is 0 Å². The molecule has 178 valence electrons. The molecule has 1 unspecified atom stereocenters. The van der Waals surface area contributed by atoms with E-state index in [1.807, 2.05) is 6.92 Å². The Kier molecular flexibility index (Phi) is 9.62. The summed E-state index contributed by atoms with van der Waals surface area (Å²) in [5.74, 6) is -0.663. The summed E-state index contributed by atoms with van der Waals surface area (Å²) < 4.78 is 37.1. The topological polar surface area (TPSA) is 102 Å². The normalized spacial score (nSPS) is 12.5. The molecule has 0 aliphatic carbocycles. The van der Waals surface area contributed by atoms with Crippen LogP contribution in [0, 0.1) is 0 Å². The van der Waals surface area contributed by atoms with Gasteiger partial charge < -0.3 is 14.8 Å². The highest BCUT2D eigenvalue weighted by molar-refractivity contribution is 7.89. The largest absolute Gasteiger partial charge is 0.492 e. The highest BCUT2D eigenvalue weighted by atomic mass is 32.2. The van der Waals surface area contributed by atoms with Gasteiger partial charge in [-0.15, -0.1) is 0 Å². The Bertz CT molecular complexity index is 1080. The molecule has 0 saturated heterocycles. The van der Waals surface area contributed by atoms with E-state index in [2.05, 4.69) is 5.32 Å². The molecule has 0 bridgehead atoms. The molecule has 8 nitrogen and oxygen atoms in total. The summed E-state index contributed by atoms with van der Waals surface area (Å²) in [6.45, 7) is 8.09. The first kappa shape index (κ1) is 26.1. The fourth-order valence-corrected chi connectivity index (χ4v) is 4.44. The lowest BCUT2D eigenvalue weighted by atomic mass is 10.2. The highest BCUT2D eigenvalue weighted by Crippen LogP contribution is 2.24. The molecule has 9 heteroatoms. The van der Waals surface area contributed by atoms with Crippen molar-refractivity contribution in [3.63, 3.8) is 0 Å². The van der Waals surface area contributed by atoms with Crippen LogP contribution in [0.25, 0.3) is 6.08 Å². The average Bonchev–Trinajstić information content (AvgIpc) is 2.80. The number of benzene rings is 2. The van der Waals surface area contributed by atoms with Crippen molar-refractivity contribution in [1.82, 2.24) is 4.31 Å². The van der Waals surface area contributed by atoms with E-state index in [1.165, 1.54) is 35.5 Å². The third kappa shape index (κ3) is 7.16. The number of hydrogen-bond donors (Lipinski definition) is 1. The molecule has 0 fully saturated rings. The molecule has 2 aromatic carbocycles. The predicted molar refractivity (Wildman–Crippen MR) is 127 cm³/mol. The van der Waals surface area contributed by atoms with Crippen molar-refractivity contribution in [1.29, 1.82) is 0 Å². The molecule has 0 aliphatic heterocycles. The van der Waals surface area contributed by atoms with E-state index in [9.17, 15) is 18.0 Å². The van der Waals surface area contributed by atoms with Crippen molar-refractivity contribution in [2.45, 2.75) is 38.7 Å². The summed E-state index contributed by atoms with van der Waals surface area (Å²) >= 11 is 0. The monoisotopic (exact) mass is 474 g/mol. The minimum absolute atomic E-state index is 0.184. The van der Waals surface area contributed by atoms with Crippen LogP contribution < -0.4 is 10.1 Å². The molecule has 1 amide bonds. The molecule has 0 aromatic heterocycles. The Balaban J connectivity index is 1.97. The van der Waals surface area contributed by atoms with Crippen LogP contribution in [0.4, 0.5) is 5.69 Å². The molecule has 1 N–H and O–H groups in total. The molecular formula is C24H30N2O6S. The van der Waals surface area contributed by atoms with E-state index < -0.39 is 28.0 Å².